The third kappa shape index (κ3) is 3.71. The highest BCUT2D eigenvalue weighted by Crippen LogP contribution is 2.39. The van der Waals surface area contributed by atoms with E-state index in [2.05, 4.69) is 5.10 Å². The zero-order chi connectivity index (χ0) is 19.6. The van der Waals surface area contributed by atoms with Gasteiger partial charge in [-0.2, -0.15) is 9.52 Å². The Morgan fingerprint density at radius 1 is 0.963 bits per heavy atom. The minimum Gasteiger partial charge on any atom is -0.496 e. The zero-order valence-corrected chi connectivity index (χ0v) is 16.5. The number of para-hydroxylation sites is 1. The van der Waals surface area contributed by atoms with Crippen LogP contribution < -0.4 is 14.2 Å². The molecule has 1 aliphatic rings. The lowest BCUT2D eigenvalue weighted by molar-refractivity contribution is 0.352. The van der Waals surface area contributed by atoms with Crippen molar-refractivity contribution in [3.8, 4) is 17.2 Å². The Bertz CT molecular complexity index is 972. The van der Waals surface area contributed by atoms with Crippen LogP contribution in [0.3, 0.4) is 0 Å². The molecule has 0 saturated heterocycles. The summed E-state index contributed by atoms with van der Waals surface area (Å²) in [7, 11) is 1.12. The average Bonchev–Trinajstić information content (AvgIpc) is 3.13. The normalized spacial score (nSPS) is 16.8. The number of hydrogen-bond donors (Lipinski definition) is 0. The number of hydrogen-bond acceptors (Lipinski definition) is 6. The van der Waals surface area contributed by atoms with E-state index >= 15 is 0 Å². The molecule has 7 nitrogen and oxygen atoms in total. The van der Waals surface area contributed by atoms with Gasteiger partial charge >= 0.3 is 0 Å². The first-order chi connectivity index (χ1) is 12.9. The standard InChI is InChI=1S/C19H22N2O5S/c1-24-17-8-6-5-7-14(17)16-12-15(20-21(16)27(4,22)23)13-9-10-18(25-2)19(11-13)26-3/h5-11,16H,12H2,1-4H3/t16-/m0/s1. The molecule has 0 spiro atoms. The van der Waals surface area contributed by atoms with Crippen molar-refractivity contribution in [1.29, 1.82) is 0 Å². The first kappa shape index (κ1) is 19.0. The predicted molar refractivity (Wildman–Crippen MR) is 103 cm³/mol. The fraction of sp³-hybridized carbons (Fsp3) is 0.316. The van der Waals surface area contributed by atoms with Gasteiger partial charge in [-0.05, 0) is 24.3 Å². The van der Waals surface area contributed by atoms with Gasteiger partial charge < -0.3 is 14.2 Å². The van der Waals surface area contributed by atoms with Crippen molar-refractivity contribution >= 4 is 15.7 Å². The Morgan fingerprint density at radius 3 is 2.26 bits per heavy atom. The fourth-order valence-electron chi connectivity index (χ4n) is 3.16. The third-order valence-corrected chi connectivity index (χ3v) is 5.44. The second-order valence-corrected chi connectivity index (χ2v) is 7.95. The Labute approximate surface area is 159 Å². The SMILES string of the molecule is COc1ccc(C2=NN(S(C)(=O)=O)[C@H](c3ccccc3OC)C2)cc1OC. The van der Waals surface area contributed by atoms with Gasteiger partial charge in [-0.15, -0.1) is 0 Å². The molecule has 1 aliphatic heterocycles. The van der Waals surface area contributed by atoms with E-state index in [0.717, 1.165) is 21.8 Å². The van der Waals surface area contributed by atoms with Crippen LogP contribution in [-0.4, -0.2) is 46.1 Å². The maximum Gasteiger partial charge on any atom is 0.247 e. The lowest BCUT2D eigenvalue weighted by Crippen LogP contribution is -2.26. The van der Waals surface area contributed by atoms with Gasteiger partial charge in [0.25, 0.3) is 0 Å². The molecule has 0 aliphatic carbocycles. The van der Waals surface area contributed by atoms with Crippen LogP contribution in [0, 0.1) is 0 Å². The third-order valence-electron chi connectivity index (χ3n) is 4.43. The number of sulfonamides is 1. The van der Waals surface area contributed by atoms with Crippen LogP contribution in [0.4, 0.5) is 0 Å². The van der Waals surface area contributed by atoms with E-state index in [1.54, 1.807) is 33.5 Å². The molecule has 144 valence electrons. The highest BCUT2D eigenvalue weighted by atomic mass is 32.2. The van der Waals surface area contributed by atoms with E-state index in [1.165, 1.54) is 0 Å². The summed E-state index contributed by atoms with van der Waals surface area (Å²) in [5.74, 6) is 1.78. The first-order valence-electron chi connectivity index (χ1n) is 8.31. The van der Waals surface area contributed by atoms with Gasteiger partial charge in [0.2, 0.25) is 10.0 Å². The molecule has 2 aromatic rings. The number of rotatable bonds is 6. The maximum atomic E-state index is 12.4. The van der Waals surface area contributed by atoms with Gasteiger partial charge in [-0.1, -0.05) is 18.2 Å². The van der Waals surface area contributed by atoms with Gasteiger partial charge in [0.1, 0.15) is 5.75 Å². The molecule has 27 heavy (non-hydrogen) atoms. The second-order valence-electron chi connectivity index (χ2n) is 6.11. The molecule has 3 rings (SSSR count). The van der Waals surface area contributed by atoms with Crippen molar-refractivity contribution in [3.63, 3.8) is 0 Å². The van der Waals surface area contributed by atoms with Crippen LogP contribution in [-0.2, 0) is 10.0 Å². The molecule has 1 atom stereocenters. The summed E-state index contributed by atoms with van der Waals surface area (Å²) in [5.41, 5.74) is 2.20. The second kappa shape index (κ2) is 7.48. The van der Waals surface area contributed by atoms with Crippen LogP contribution in [0.5, 0.6) is 17.2 Å². The van der Waals surface area contributed by atoms with Crippen molar-refractivity contribution < 1.29 is 22.6 Å². The summed E-state index contributed by atoms with van der Waals surface area (Å²) in [4.78, 5) is 0. The Balaban J connectivity index is 2.04. The summed E-state index contributed by atoms with van der Waals surface area (Å²) in [6.07, 6.45) is 1.57. The molecule has 0 bridgehead atoms. The van der Waals surface area contributed by atoms with E-state index in [9.17, 15) is 8.42 Å². The monoisotopic (exact) mass is 390 g/mol. The van der Waals surface area contributed by atoms with Gasteiger partial charge in [-0.3, -0.25) is 0 Å². The summed E-state index contributed by atoms with van der Waals surface area (Å²) < 4.78 is 41.9. The van der Waals surface area contributed by atoms with Crippen molar-refractivity contribution in [2.45, 2.75) is 12.5 Å². The van der Waals surface area contributed by atoms with E-state index in [1.807, 2.05) is 30.3 Å². The lowest BCUT2D eigenvalue weighted by Gasteiger charge is -2.23. The molecule has 0 saturated carbocycles. The maximum absolute atomic E-state index is 12.4. The van der Waals surface area contributed by atoms with Crippen molar-refractivity contribution in [2.24, 2.45) is 5.10 Å². The quantitative estimate of drug-likeness (QED) is 0.758. The topological polar surface area (TPSA) is 77.4 Å². The summed E-state index contributed by atoms with van der Waals surface area (Å²) >= 11 is 0. The van der Waals surface area contributed by atoms with Crippen LogP contribution in [0.1, 0.15) is 23.6 Å². The van der Waals surface area contributed by atoms with Gasteiger partial charge in [-0.25, -0.2) is 8.42 Å². The van der Waals surface area contributed by atoms with Crippen molar-refractivity contribution in [3.05, 3.63) is 53.6 Å². The van der Waals surface area contributed by atoms with Gasteiger partial charge in [0.05, 0.1) is 39.3 Å². The number of hydrazone groups is 1. The minimum atomic E-state index is -3.56. The Kier molecular flexibility index (Phi) is 5.27. The minimum absolute atomic E-state index is 0.420. The molecule has 1 heterocycles. The van der Waals surface area contributed by atoms with Crippen molar-refractivity contribution in [1.82, 2.24) is 4.41 Å². The van der Waals surface area contributed by atoms with E-state index < -0.39 is 16.1 Å². The van der Waals surface area contributed by atoms with Crippen LogP contribution >= 0.6 is 0 Å². The number of methoxy groups -OCH3 is 3. The molecule has 8 heteroatoms. The Hall–Kier alpha value is -2.74. The van der Waals surface area contributed by atoms with E-state index in [4.69, 9.17) is 14.2 Å². The summed E-state index contributed by atoms with van der Waals surface area (Å²) in [6.45, 7) is 0. The number of benzene rings is 2. The van der Waals surface area contributed by atoms with Crippen LogP contribution in [0.2, 0.25) is 0 Å². The highest BCUT2D eigenvalue weighted by Gasteiger charge is 2.36. The average molecular weight is 390 g/mol. The highest BCUT2D eigenvalue weighted by molar-refractivity contribution is 7.88. The molecule has 0 N–H and O–H groups in total. The predicted octanol–water partition coefficient (Wildman–Crippen LogP) is 2.82. The fourth-order valence-corrected chi connectivity index (χ4v) is 4.06. The molecule has 0 unspecified atom stereocenters. The van der Waals surface area contributed by atoms with Crippen LogP contribution in [0.25, 0.3) is 0 Å². The lowest BCUT2D eigenvalue weighted by atomic mass is 9.98. The molecule has 0 radical (unpaired) electrons. The summed E-state index contributed by atoms with van der Waals surface area (Å²) in [5, 5.41) is 4.40. The van der Waals surface area contributed by atoms with E-state index in [0.29, 0.717) is 29.4 Å². The van der Waals surface area contributed by atoms with Gasteiger partial charge in [0.15, 0.2) is 11.5 Å². The Morgan fingerprint density at radius 2 is 1.63 bits per heavy atom. The largest absolute Gasteiger partial charge is 0.496 e. The smallest absolute Gasteiger partial charge is 0.247 e. The van der Waals surface area contributed by atoms with Crippen LogP contribution in [0.15, 0.2) is 47.6 Å². The molecule has 2 aromatic carbocycles. The van der Waals surface area contributed by atoms with Crippen molar-refractivity contribution in [2.75, 3.05) is 27.6 Å². The van der Waals surface area contributed by atoms with E-state index in [-0.39, 0.29) is 0 Å². The van der Waals surface area contributed by atoms with Gasteiger partial charge in [0, 0.05) is 17.5 Å². The first-order valence-corrected chi connectivity index (χ1v) is 10.2. The zero-order valence-electron chi connectivity index (χ0n) is 15.7. The summed E-state index contributed by atoms with van der Waals surface area (Å²) in [6, 6.07) is 12.3. The molecule has 0 amide bonds. The molecular formula is C19H22N2O5S. The molecule has 0 fully saturated rings. The molecule has 0 aromatic heterocycles. The molecular weight excluding hydrogens is 368 g/mol. The number of nitrogens with zero attached hydrogens (tertiary/aromatic N) is 2. The number of ether oxygens (including phenoxy) is 3.